The molecule has 0 heterocycles. The van der Waals surface area contributed by atoms with Crippen LogP contribution in [0.15, 0.2) is 0 Å². The Kier molecular flexibility index (Phi) is 19.9. The second kappa shape index (κ2) is 20.0. The predicted molar refractivity (Wildman–Crippen MR) is 102 cm³/mol. The fourth-order valence-corrected chi connectivity index (χ4v) is 3.31. The van der Waals surface area contributed by atoms with Crippen molar-refractivity contribution >= 4 is 21.8 Å². The Hall–Kier alpha value is -0.0900. The van der Waals surface area contributed by atoms with Crippen molar-refractivity contribution in [2.45, 2.75) is 109 Å². The number of hydrogen-bond acceptors (Lipinski definition) is 2. The predicted octanol–water partition coefficient (Wildman–Crippen LogP) is 6.52. The quantitative estimate of drug-likeness (QED) is 0.121. The van der Waals surface area contributed by atoms with Crippen molar-refractivity contribution in [3.05, 3.63) is 0 Å². The zero-order chi connectivity index (χ0) is 17.0. The minimum Gasteiger partial charge on any atom is -0.289 e. The highest BCUT2D eigenvalue weighted by molar-refractivity contribution is 9.09. The van der Waals surface area contributed by atoms with E-state index in [-0.39, 0.29) is 5.91 Å². The fourth-order valence-electron chi connectivity index (χ4n) is 2.91. The molecule has 0 saturated carbocycles. The van der Waals surface area contributed by atoms with Crippen molar-refractivity contribution in [2.24, 2.45) is 0 Å². The van der Waals surface area contributed by atoms with Gasteiger partial charge in [-0.15, -0.1) is 0 Å². The molecule has 0 atom stereocenters. The lowest BCUT2D eigenvalue weighted by Crippen LogP contribution is -2.17. The van der Waals surface area contributed by atoms with Gasteiger partial charge in [0.25, 0.3) is 0 Å². The molecule has 0 saturated heterocycles. The van der Waals surface area contributed by atoms with Crippen LogP contribution in [-0.2, 0) is 4.79 Å². The maximum atomic E-state index is 10.8. The number of nitrogens with one attached hydrogen (secondary N) is 1. The summed E-state index contributed by atoms with van der Waals surface area (Å²) in [5.41, 5.74) is 1.68. The van der Waals surface area contributed by atoms with Crippen molar-refractivity contribution in [3.63, 3.8) is 0 Å². The summed E-state index contributed by atoms with van der Waals surface area (Å²) in [6, 6.07) is 0. The average Bonchev–Trinajstić information content (AvgIpc) is 2.57. The van der Waals surface area contributed by atoms with E-state index >= 15 is 0 Å². The molecule has 23 heavy (non-hydrogen) atoms. The minimum absolute atomic E-state index is 0.260. The van der Waals surface area contributed by atoms with Gasteiger partial charge in [0.2, 0.25) is 5.91 Å². The molecule has 2 N–H and O–H groups in total. The second-order valence-corrected chi connectivity index (χ2v) is 7.42. The van der Waals surface area contributed by atoms with E-state index in [0.29, 0.717) is 6.42 Å². The molecule has 0 aliphatic heterocycles. The Bertz CT molecular complexity index is 250. The molecule has 3 nitrogen and oxygen atoms in total. The van der Waals surface area contributed by atoms with E-state index in [4.69, 9.17) is 5.21 Å². The van der Waals surface area contributed by atoms with Crippen molar-refractivity contribution in [3.8, 4) is 0 Å². The van der Waals surface area contributed by atoms with Gasteiger partial charge in [-0.25, -0.2) is 5.48 Å². The van der Waals surface area contributed by atoms with E-state index in [1.54, 1.807) is 5.48 Å². The van der Waals surface area contributed by atoms with Crippen LogP contribution in [0.2, 0.25) is 0 Å². The van der Waals surface area contributed by atoms with Gasteiger partial charge < -0.3 is 0 Å². The lowest BCUT2D eigenvalue weighted by atomic mass is 10.0. The molecular formula is C19H38BrNO2. The van der Waals surface area contributed by atoms with Gasteiger partial charge in [-0.05, 0) is 12.8 Å². The molecule has 0 fully saturated rings. The lowest BCUT2D eigenvalue weighted by Gasteiger charge is -2.03. The molecular weight excluding hydrogens is 354 g/mol. The Labute approximate surface area is 152 Å². The molecule has 0 aromatic carbocycles. The number of alkyl halides is 1. The Balaban J connectivity index is 2.99. The first-order valence-corrected chi connectivity index (χ1v) is 10.9. The largest absolute Gasteiger partial charge is 0.289 e. The molecule has 138 valence electrons. The van der Waals surface area contributed by atoms with Gasteiger partial charge in [-0.1, -0.05) is 106 Å². The molecule has 0 rings (SSSR count). The minimum atomic E-state index is -0.260. The molecule has 0 spiro atoms. The van der Waals surface area contributed by atoms with E-state index in [2.05, 4.69) is 15.9 Å². The van der Waals surface area contributed by atoms with Gasteiger partial charge in [0.1, 0.15) is 0 Å². The SMILES string of the molecule is O=C(CCCCCCCCCCCCCCCCCCBr)NO. The number of hydrogen-bond donors (Lipinski definition) is 2. The Morgan fingerprint density at radius 3 is 1.22 bits per heavy atom. The standard InChI is InChI=1S/C19H38BrNO2/c20-18-16-14-12-10-8-6-4-2-1-3-5-7-9-11-13-15-17-19(22)21-23/h23H,1-18H2,(H,21,22). The molecule has 0 aliphatic rings. The first-order valence-electron chi connectivity index (χ1n) is 9.80. The lowest BCUT2D eigenvalue weighted by molar-refractivity contribution is -0.129. The number of rotatable bonds is 18. The van der Waals surface area contributed by atoms with Crippen LogP contribution in [0.1, 0.15) is 109 Å². The van der Waals surface area contributed by atoms with E-state index in [1.807, 2.05) is 0 Å². The van der Waals surface area contributed by atoms with Crippen LogP contribution >= 0.6 is 15.9 Å². The topological polar surface area (TPSA) is 49.3 Å². The number of amides is 1. The third-order valence-electron chi connectivity index (χ3n) is 4.41. The van der Waals surface area contributed by atoms with E-state index < -0.39 is 0 Å². The third kappa shape index (κ3) is 19.9. The number of carbonyl (C=O) groups is 1. The molecule has 0 radical (unpaired) electrons. The van der Waals surface area contributed by atoms with Crippen LogP contribution in [0.25, 0.3) is 0 Å². The number of halogens is 1. The van der Waals surface area contributed by atoms with Crippen LogP contribution in [0.3, 0.4) is 0 Å². The zero-order valence-corrected chi connectivity index (χ0v) is 16.5. The van der Waals surface area contributed by atoms with Crippen LogP contribution in [-0.4, -0.2) is 16.4 Å². The summed E-state index contributed by atoms with van der Waals surface area (Å²) in [6.45, 7) is 0. The molecule has 1 amide bonds. The summed E-state index contributed by atoms with van der Waals surface area (Å²) in [5, 5.41) is 9.53. The highest BCUT2D eigenvalue weighted by atomic mass is 79.9. The second-order valence-electron chi connectivity index (χ2n) is 6.63. The normalized spacial score (nSPS) is 10.9. The molecule has 0 unspecified atom stereocenters. The molecule has 4 heteroatoms. The van der Waals surface area contributed by atoms with Gasteiger partial charge >= 0.3 is 0 Å². The van der Waals surface area contributed by atoms with E-state index in [0.717, 1.165) is 18.2 Å². The van der Waals surface area contributed by atoms with Gasteiger partial charge in [-0.2, -0.15) is 0 Å². The summed E-state index contributed by atoms with van der Waals surface area (Å²) in [5.74, 6) is -0.260. The highest BCUT2D eigenvalue weighted by Crippen LogP contribution is 2.14. The van der Waals surface area contributed by atoms with Crippen molar-refractivity contribution in [1.29, 1.82) is 0 Å². The van der Waals surface area contributed by atoms with Gasteiger partial charge in [0.15, 0.2) is 0 Å². The summed E-state index contributed by atoms with van der Waals surface area (Å²) in [6.07, 6.45) is 21.7. The monoisotopic (exact) mass is 391 g/mol. The van der Waals surface area contributed by atoms with Crippen molar-refractivity contribution in [1.82, 2.24) is 5.48 Å². The Morgan fingerprint density at radius 1 is 0.609 bits per heavy atom. The van der Waals surface area contributed by atoms with Crippen LogP contribution < -0.4 is 5.48 Å². The third-order valence-corrected chi connectivity index (χ3v) is 4.97. The van der Waals surface area contributed by atoms with E-state index in [9.17, 15) is 4.79 Å². The summed E-state index contributed by atoms with van der Waals surface area (Å²) < 4.78 is 0. The van der Waals surface area contributed by atoms with Crippen molar-refractivity contribution < 1.29 is 10.0 Å². The van der Waals surface area contributed by atoms with Crippen molar-refractivity contribution in [2.75, 3.05) is 5.33 Å². The van der Waals surface area contributed by atoms with Gasteiger partial charge in [0, 0.05) is 11.8 Å². The summed E-state index contributed by atoms with van der Waals surface area (Å²) in [4.78, 5) is 10.8. The maximum absolute atomic E-state index is 10.8. The van der Waals surface area contributed by atoms with Crippen LogP contribution in [0, 0.1) is 0 Å². The summed E-state index contributed by atoms with van der Waals surface area (Å²) >= 11 is 3.48. The highest BCUT2D eigenvalue weighted by Gasteiger charge is 1.98. The molecule has 0 aliphatic carbocycles. The maximum Gasteiger partial charge on any atom is 0.243 e. The van der Waals surface area contributed by atoms with Gasteiger partial charge in [0.05, 0.1) is 0 Å². The molecule has 0 aromatic heterocycles. The number of hydroxylamine groups is 1. The molecule has 0 aromatic rings. The van der Waals surface area contributed by atoms with Crippen LogP contribution in [0.5, 0.6) is 0 Å². The zero-order valence-electron chi connectivity index (χ0n) is 15.0. The number of unbranched alkanes of at least 4 members (excludes halogenated alkanes) is 15. The first-order chi connectivity index (χ1) is 11.3. The number of carbonyl (C=O) groups excluding carboxylic acids is 1. The fraction of sp³-hybridized carbons (Fsp3) is 0.947. The summed E-state index contributed by atoms with van der Waals surface area (Å²) in [7, 11) is 0. The van der Waals surface area contributed by atoms with Gasteiger partial charge in [-0.3, -0.25) is 10.0 Å². The van der Waals surface area contributed by atoms with E-state index in [1.165, 1.54) is 89.9 Å². The molecule has 0 bridgehead atoms. The van der Waals surface area contributed by atoms with Crippen LogP contribution in [0.4, 0.5) is 0 Å². The first kappa shape index (κ1) is 22.9. The smallest absolute Gasteiger partial charge is 0.243 e. The Morgan fingerprint density at radius 2 is 0.913 bits per heavy atom. The average molecular weight is 392 g/mol.